The summed E-state index contributed by atoms with van der Waals surface area (Å²) >= 11 is 0. The number of benzene rings is 1. The van der Waals surface area contributed by atoms with Crippen molar-refractivity contribution in [2.45, 2.75) is 38.1 Å². The number of anilines is 2. The van der Waals surface area contributed by atoms with Gasteiger partial charge in [0.2, 0.25) is 0 Å². The van der Waals surface area contributed by atoms with Crippen LogP contribution >= 0.6 is 0 Å². The zero-order chi connectivity index (χ0) is 13.7. The van der Waals surface area contributed by atoms with Gasteiger partial charge in [-0.25, -0.2) is 0 Å². The molecule has 0 aliphatic heterocycles. The smallest absolute Gasteiger partial charge is 0.0670 e. The summed E-state index contributed by atoms with van der Waals surface area (Å²) in [7, 11) is 0. The van der Waals surface area contributed by atoms with E-state index in [2.05, 4.69) is 11.0 Å². The normalized spacial score (nSPS) is 15.4. The zero-order valence-electron chi connectivity index (χ0n) is 11.2. The third kappa shape index (κ3) is 3.18. The average Bonchev–Trinajstić information content (AvgIpc) is 2.93. The van der Waals surface area contributed by atoms with Crippen molar-refractivity contribution in [3.63, 3.8) is 0 Å². The molecule has 1 aliphatic rings. The van der Waals surface area contributed by atoms with Crippen molar-refractivity contribution in [2.24, 2.45) is 0 Å². The fraction of sp³-hybridized carbons (Fsp3) is 0.533. The van der Waals surface area contributed by atoms with Crippen molar-refractivity contribution in [2.75, 3.05) is 23.8 Å². The van der Waals surface area contributed by atoms with Crippen molar-refractivity contribution in [1.29, 1.82) is 5.26 Å². The predicted molar refractivity (Wildman–Crippen MR) is 76.9 cm³/mol. The number of nitrogens with two attached hydrogens (primary N) is 1. The van der Waals surface area contributed by atoms with Crippen LogP contribution in [0.1, 0.15) is 31.2 Å². The molecule has 2 rings (SSSR count). The maximum atomic E-state index is 9.27. The van der Waals surface area contributed by atoms with Gasteiger partial charge in [-0.1, -0.05) is 12.8 Å². The molecule has 0 amide bonds. The second kappa shape index (κ2) is 6.44. The molecule has 1 aromatic rings. The van der Waals surface area contributed by atoms with Crippen molar-refractivity contribution in [3.8, 4) is 6.07 Å². The van der Waals surface area contributed by atoms with E-state index in [-0.39, 0.29) is 6.61 Å². The number of hydrogen-bond acceptors (Lipinski definition) is 4. The molecular weight excluding hydrogens is 238 g/mol. The summed E-state index contributed by atoms with van der Waals surface area (Å²) in [6.07, 6.45) is 5.20. The van der Waals surface area contributed by atoms with Crippen molar-refractivity contribution < 1.29 is 5.11 Å². The summed E-state index contributed by atoms with van der Waals surface area (Å²) in [5.74, 6) is 0. The van der Waals surface area contributed by atoms with Crippen LogP contribution in [0.5, 0.6) is 0 Å². The van der Waals surface area contributed by atoms with Crippen LogP contribution in [0.25, 0.3) is 0 Å². The van der Waals surface area contributed by atoms with Gasteiger partial charge in [-0.3, -0.25) is 0 Å². The molecule has 3 N–H and O–H groups in total. The highest BCUT2D eigenvalue weighted by Crippen LogP contribution is 2.30. The van der Waals surface area contributed by atoms with Crippen molar-refractivity contribution in [1.82, 2.24) is 0 Å². The van der Waals surface area contributed by atoms with Crippen LogP contribution in [0.4, 0.5) is 11.4 Å². The van der Waals surface area contributed by atoms with E-state index in [0.717, 1.165) is 11.3 Å². The lowest BCUT2D eigenvalue weighted by molar-refractivity contribution is 0.297. The molecule has 1 aliphatic carbocycles. The molecule has 19 heavy (non-hydrogen) atoms. The van der Waals surface area contributed by atoms with E-state index < -0.39 is 0 Å². The lowest BCUT2D eigenvalue weighted by atomic mass is 10.1. The Labute approximate surface area is 114 Å². The summed E-state index contributed by atoms with van der Waals surface area (Å²) in [5.41, 5.74) is 8.50. The number of nitrogen functional groups attached to an aromatic ring is 1. The van der Waals surface area contributed by atoms with Crippen LogP contribution in [-0.4, -0.2) is 24.3 Å². The van der Waals surface area contributed by atoms with Crippen LogP contribution in [0, 0.1) is 11.3 Å². The fourth-order valence-electron chi connectivity index (χ4n) is 2.86. The summed E-state index contributed by atoms with van der Waals surface area (Å²) < 4.78 is 0. The van der Waals surface area contributed by atoms with Gasteiger partial charge < -0.3 is 15.7 Å². The van der Waals surface area contributed by atoms with E-state index in [0.29, 0.717) is 24.7 Å². The first-order valence-corrected chi connectivity index (χ1v) is 6.89. The largest absolute Gasteiger partial charge is 0.398 e. The molecule has 0 bridgehead atoms. The van der Waals surface area contributed by atoms with Crippen LogP contribution in [0.15, 0.2) is 18.2 Å². The highest BCUT2D eigenvalue weighted by molar-refractivity contribution is 5.59. The number of hydrogen-bond donors (Lipinski definition) is 2. The molecule has 0 spiro atoms. The Morgan fingerprint density at radius 2 is 2.11 bits per heavy atom. The van der Waals surface area contributed by atoms with Crippen molar-refractivity contribution >= 4 is 11.4 Å². The van der Waals surface area contributed by atoms with E-state index in [1.807, 2.05) is 18.2 Å². The molecule has 0 unspecified atom stereocenters. The molecule has 102 valence electrons. The predicted octanol–water partition coefficient (Wildman–Crippen LogP) is 2.08. The van der Waals surface area contributed by atoms with Crippen LogP contribution in [0.2, 0.25) is 0 Å². The zero-order valence-corrected chi connectivity index (χ0v) is 11.2. The topological polar surface area (TPSA) is 73.3 Å². The SMILES string of the molecule is N#CCc1cc(N(CCO)C2CCCC2)ccc1N. The van der Waals surface area contributed by atoms with Gasteiger partial charge in [0.05, 0.1) is 19.1 Å². The number of aliphatic hydroxyl groups excluding tert-OH is 1. The summed E-state index contributed by atoms with van der Waals surface area (Å²) in [6.45, 7) is 0.787. The Kier molecular flexibility index (Phi) is 4.64. The van der Waals surface area contributed by atoms with Gasteiger partial charge in [0.15, 0.2) is 0 Å². The first-order chi connectivity index (χ1) is 9.26. The van der Waals surface area contributed by atoms with E-state index in [1.165, 1.54) is 25.7 Å². The highest BCUT2D eigenvalue weighted by Gasteiger charge is 2.22. The first-order valence-electron chi connectivity index (χ1n) is 6.89. The molecule has 0 atom stereocenters. The average molecular weight is 259 g/mol. The fourth-order valence-corrected chi connectivity index (χ4v) is 2.86. The molecule has 1 saturated carbocycles. The minimum atomic E-state index is 0.147. The Hall–Kier alpha value is -1.73. The quantitative estimate of drug-likeness (QED) is 0.794. The summed E-state index contributed by atoms with van der Waals surface area (Å²) in [5, 5.41) is 18.1. The van der Waals surface area contributed by atoms with Gasteiger partial charge in [-0.05, 0) is 36.6 Å². The second-order valence-electron chi connectivity index (χ2n) is 5.07. The molecule has 1 fully saturated rings. The number of nitrogens with zero attached hydrogens (tertiary/aromatic N) is 2. The maximum Gasteiger partial charge on any atom is 0.0670 e. The van der Waals surface area contributed by atoms with Crippen LogP contribution in [-0.2, 0) is 6.42 Å². The monoisotopic (exact) mass is 259 g/mol. The minimum absolute atomic E-state index is 0.147. The third-order valence-corrected chi connectivity index (χ3v) is 3.83. The molecule has 4 nitrogen and oxygen atoms in total. The Morgan fingerprint density at radius 3 is 2.74 bits per heavy atom. The van der Waals surface area contributed by atoms with Gasteiger partial charge in [0, 0.05) is 24.0 Å². The van der Waals surface area contributed by atoms with E-state index >= 15 is 0 Å². The number of rotatable bonds is 5. The summed E-state index contributed by atoms with van der Waals surface area (Å²) in [6, 6.07) is 8.50. The molecule has 4 heteroatoms. The Morgan fingerprint density at radius 1 is 1.37 bits per heavy atom. The van der Waals surface area contributed by atoms with E-state index in [9.17, 15) is 5.11 Å². The van der Waals surface area contributed by atoms with Gasteiger partial charge in [-0.2, -0.15) is 5.26 Å². The molecule has 0 aromatic heterocycles. The molecule has 0 saturated heterocycles. The van der Waals surface area contributed by atoms with E-state index in [4.69, 9.17) is 11.0 Å². The molecular formula is C15H21N3O. The molecule has 0 heterocycles. The Bertz CT molecular complexity index is 461. The van der Waals surface area contributed by atoms with Crippen LogP contribution in [0.3, 0.4) is 0 Å². The van der Waals surface area contributed by atoms with Crippen LogP contribution < -0.4 is 10.6 Å². The lowest BCUT2D eigenvalue weighted by Crippen LogP contribution is -2.35. The van der Waals surface area contributed by atoms with Gasteiger partial charge in [0.1, 0.15) is 0 Å². The first kappa shape index (κ1) is 13.7. The highest BCUT2D eigenvalue weighted by atomic mass is 16.3. The lowest BCUT2D eigenvalue weighted by Gasteiger charge is -2.31. The Balaban J connectivity index is 2.25. The standard InChI is InChI=1S/C15H21N3O/c16-8-7-12-11-14(5-6-15(12)17)18(9-10-19)13-3-1-2-4-13/h5-6,11,13,19H,1-4,7,9-10,17H2. The maximum absolute atomic E-state index is 9.27. The summed E-state index contributed by atoms with van der Waals surface area (Å²) in [4.78, 5) is 2.26. The number of aliphatic hydroxyl groups is 1. The number of nitriles is 1. The minimum Gasteiger partial charge on any atom is -0.398 e. The van der Waals surface area contributed by atoms with E-state index in [1.54, 1.807) is 0 Å². The van der Waals surface area contributed by atoms with Crippen molar-refractivity contribution in [3.05, 3.63) is 23.8 Å². The molecule has 1 aromatic carbocycles. The van der Waals surface area contributed by atoms with Gasteiger partial charge in [-0.15, -0.1) is 0 Å². The van der Waals surface area contributed by atoms with Gasteiger partial charge >= 0.3 is 0 Å². The van der Waals surface area contributed by atoms with Gasteiger partial charge in [0.25, 0.3) is 0 Å². The second-order valence-corrected chi connectivity index (χ2v) is 5.07. The third-order valence-electron chi connectivity index (χ3n) is 3.83. The molecule has 0 radical (unpaired) electrons.